The molecule has 7 heteroatoms. The zero-order chi connectivity index (χ0) is 15.3. The number of rotatable bonds is 5. The molecule has 0 aromatic heterocycles. The Bertz CT molecular complexity index is 384. The van der Waals surface area contributed by atoms with Gasteiger partial charge >= 0.3 is 12.0 Å². The van der Waals surface area contributed by atoms with Crippen molar-refractivity contribution in [2.45, 2.75) is 32.2 Å². The number of nitrogens with zero attached hydrogens (tertiary/aromatic N) is 1. The minimum absolute atomic E-state index is 0.275. The molecule has 0 spiro atoms. The summed E-state index contributed by atoms with van der Waals surface area (Å²) in [6.07, 6.45) is 2.17. The molecular formula is C14H25N3O4. The smallest absolute Gasteiger partial charge is 0.315 e. The number of hydrogen-bond donors (Lipinski definition) is 3. The van der Waals surface area contributed by atoms with E-state index in [4.69, 9.17) is 4.74 Å². The van der Waals surface area contributed by atoms with Crippen LogP contribution in [-0.2, 0) is 9.53 Å². The van der Waals surface area contributed by atoms with Crippen molar-refractivity contribution in [3.8, 4) is 0 Å². The van der Waals surface area contributed by atoms with Gasteiger partial charge in [0.15, 0.2) is 0 Å². The molecule has 2 fully saturated rings. The molecule has 2 atom stereocenters. The molecule has 1 heterocycles. The maximum Gasteiger partial charge on any atom is 0.315 e. The predicted molar refractivity (Wildman–Crippen MR) is 77.2 cm³/mol. The molecule has 1 saturated heterocycles. The first-order valence-electron chi connectivity index (χ1n) is 7.60. The molecule has 1 saturated carbocycles. The second-order valence-electron chi connectivity index (χ2n) is 6.02. The Balaban J connectivity index is 1.70. The minimum atomic E-state index is -0.846. The topological polar surface area (TPSA) is 90.9 Å². The highest BCUT2D eigenvalue weighted by Gasteiger charge is 2.45. The molecule has 0 radical (unpaired) electrons. The number of carboxylic acids is 1. The van der Waals surface area contributed by atoms with Gasteiger partial charge < -0.3 is 20.5 Å². The fourth-order valence-electron chi connectivity index (χ4n) is 3.02. The van der Waals surface area contributed by atoms with Crippen molar-refractivity contribution in [3.63, 3.8) is 0 Å². The van der Waals surface area contributed by atoms with Crippen LogP contribution >= 0.6 is 0 Å². The second-order valence-corrected chi connectivity index (χ2v) is 6.02. The van der Waals surface area contributed by atoms with Gasteiger partial charge in [0.25, 0.3) is 0 Å². The summed E-state index contributed by atoms with van der Waals surface area (Å²) in [6, 6.07) is -0.568. The van der Waals surface area contributed by atoms with E-state index in [2.05, 4.69) is 15.5 Å². The number of amides is 2. The molecule has 2 amide bonds. The SMILES string of the molecule is CC1(C(=O)O)CCCC1NC(=O)NCCN1CCOCC1. The normalized spacial score (nSPS) is 30.0. The molecule has 21 heavy (non-hydrogen) atoms. The molecule has 3 N–H and O–H groups in total. The third kappa shape index (κ3) is 4.07. The largest absolute Gasteiger partial charge is 0.481 e. The van der Waals surface area contributed by atoms with Gasteiger partial charge in [-0.25, -0.2) is 4.79 Å². The first kappa shape index (κ1) is 16.0. The van der Waals surface area contributed by atoms with E-state index in [-0.39, 0.29) is 12.1 Å². The maximum absolute atomic E-state index is 11.9. The van der Waals surface area contributed by atoms with Crippen molar-refractivity contribution >= 4 is 12.0 Å². The minimum Gasteiger partial charge on any atom is -0.481 e. The van der Waals surface area contributed by atoms with Crippen LogP contribution in [0.25, 0.3) is 0 Å². The fraction of sp³-hybridized carbons (Fsp3) is 0.857. The summed E-state index contributed by atoms with van der Waals surface area (Å²) >= 11 is 0. The number of urea groups is 1. The average Bonchev–Trinajstić information content (AvgIpc) is 2.83. The van der Waals surface area contributed by atoms with E-state index in [9.17, 15) is 14.7 Å². The number of aliphatic carboxylic acids is 1. The average molecular weight is 299 g/mol. The van der Waals surface area contributed by atoms with E-state index in [1.807, 2.05) is 0 Å². The Labute approximate surface area is 125 Å². The van der Waals surface area contributed by atoms with E-state index in [0.29, 0.717) is 13.0 Å². The Morgan fingerprint density at radius 3 is 2.76 bits per heavy atom. The lowest BCUT2D eigenvalue weighted by atomic mass is 9.85. The van der Waals surface area contributed by atoms with Gasteiger partial charge in [-0.3, -0.25) is 9.69 Å². The lowest BCUT2D eigenvalue weighted by molar-refractivity contribution is -0.148. The summed E-state index contributed by atoms with van der Waals surface area (Å²) in [7, 11) is 0. The van der Waals surface area contributed by atoms with Gasteiger partial charge in [-0.15, -0.1) is 0 Å². The van der Waals surface area contributed by atoms with Crippen LogP contribution in [0.15, 0.2) is 0 Å². The van der Waals surface area contributed by atoms with Gasteiger partial charge in [-0.05, 0) is 19.8 Å². The van der Waals surface area contributed by atoms with E-state index in [1.165, 1.54) is 0 Å². The summed E-state index contributed by atoms with van der Waals surface area (Å²) in [4.78, 5) is 25.5. The highest BCUT2D eigenvalue weighted by atomic mass is 16.5. The van der Waals surface area contributed by atoms with E-state index < -0.39 is 11.4 Å². The van der Waals surface area contributed by atoms with Crippen molar-refractivity contribution in [1.29, 1.82) is 0 Å². The van der Waals surface area contributed by atoms with Gasteiger partial charge in [0.2, 0.25) is 0 Å². The number of carboxylic acid groups (broad SMARTS) is 1. The molecule has 0 bridgehead atoms. The summed E-state index contributed by atoms with van der Waals surface area (Å²) in [5, 5.41) is 14.9. The predicted octanol–water partition coefficient (Wildman–Crippen LogP) is 0.261. The van der Waals surface area contributed by atoms with E-state index >= 15 is 0 Å². The van der Waals surface area contributed by atoms with Gasteiger partial charge in [0.1, 0.15) is 0 Å². The van der Waals surface area contributed by atoms with E-state index in [1.54, 1.807) is 6.92 Å². The number of carbonyl (C=O) groups is 2. The molecule has 120 valence electrons. The van der Waals surface area contributed by atoms with Gasteiger partial charge in [-0.1, -0.05) is 6.42 Å². The maximum atomic E-state index is 11.9. The Morgan fingerprint density at radius 2 is 2.10 bits per heavy atom. The Kier molecular flexibility index (Phi) is 5.41. The van der Waals surface area contributed by atoms with Crippen LogP contribution in [0.5, 0.6) is 0 Å². The highest BCUT2D eigenvalue weighted by Crippen LogP contribution is 2.38. The molecule has 1 aliphatic heterocycles. The zero-order valence-corrected chi connectivity index (χ0v) is 12.6. The van der Waals surface area contributed by atoms with Crippen molar-refractivity contribution in [2.24, 2.45) is 5.41 Å². The molecule has 2 unspecified atom stereocenters. The lowest BCUT2D eigenvalue weighted by Gasteiger charge is -2.28. The Hall–Kier alpha value is -1.34. The van der Waals surface area contributed by atoms with Crippen molar-refractivity contribution in [1.82, 2.24) is 15.5 Å². The lowest BCUT2D eigenvalue weighted by Crippen LogP contribution is -2.51. The number of nitrogens with one attached hydrogen (secondary N) is 2. The number of morpholine rings is 1. The number of ether oxygens (including phenoxy) is 1. The molecular weight excluding hydrogens is 274 g/mol. The van der Waals surface area contributed by atoms with Crippen molar-refractivity contribution < 1.29 is 19.4 Å². The third-order valence-electron chi connectivity index (χ3n) is 4.57. The second kappa shape index (κ2) is 7.09. The molecule has 0 aromatic rings. The quantitative estimate of drug-likeness (QED) is 0.677. The van der Waals surface area contributed by atoms with Gasteiger partial charge in [-0.2, -0.15) is 0 Å². The summed E-state index contributed by atoms with van der Waals surface area (Å²) in [5.41, 5.74) is -0.846. The van der Waals surface area contributed by atoms with Crippen LogP contribution in [0, 0.1) is 5.41 Å². The Morgan fingerprint density at radius 1 is 1.38 bits per heavy atom. The first-order valence-corrected chi connectivity index (χ1v) is 7.60. The molecule has 1 aliphatic carbocycles. The molecule has 0 aromatic carbocycles. The number of carbonyl (C=O) groups excluding carboxylic acids is 1. The van der Waals surface area contributed by atoms with Crippen LogP contribution in [-0.4, -0.2) is 67.4 Å². The summed E-state index contributed by atoms with van der Waals surface area (Å²) in [6.45, 7) is 6.32. The summed E-state index contributed by atoms with van der Waals surface area (Å²) < 4.78 is 5.26. The third-order valence-corrected chi connectivity index (χ3v) is 4.57. The van der Waals surface area contributed by atoms with Crippen LogP contribution in [0.1, 0.15) is 26.2 Å². The van der Waals surface area contributed by atoms with Crippen molar-refractivity contribution in [3.05, 3.63) is 0 Å². The first-order chi connectivity index (χ1) is 10.0. The summed E-state index contributed by atoms with van der Waals surface area (Å²) in [5.74, 6) is -0.835. The van der Waals surface area contributed by atoms with Crippen LogP contribution in [0.3, 0.4) is 0 Å². The molecule has 2 aliphatic rings. The molecule has 7 nitrogen and oxygen atoms in total. The zero-order valence-electron chi connectivity index (χ0n) is 12.6. The standard InChI is InChI=1S/C14H25N3O4/c1-14(12(18)19)4-2-3-11(14)16-13(20)15-5-6-17-7-9-21-10-8-17/h11H,2-10H2,1H3,(H,18,19)(H2,15,16,20). The number of hydrogen-bond acceptors (Lipinski definition) is 4. The van der Waals surface area contributed by atoms with Crippen LogP contribution < -0.4 is 10.6 Å². The molecule has 2 rings (SSSR count). The van der Waals surface area contributed by atoms with E-state index in [0.717, 1.165) is 45.7 Å². The van der Waals surface area contributed by atoms with Crippen LogP contribution in [0.2, 0.25) is 0 Å². The van der Waals surface area contributed by atoms with Gasteiger partial charge in [0.05, 0.1) is 18.6 Å². The van der Waals surface area contributed by atoms with Gasteiger partial charge in [0, 0.05) is 32.2 Å². The fourth-order valence-corrected chi connectivity index (χ4v) is 3.02. The van der Waals surface area contributed by atoms with Crippen molar-refractivity contribution in [2.75, 3.05) is 39.4 Å². The highest BCUT2D eigenvalue weighted by molar-refractivity contribution is 5.79. The van der Waals surface area contributed by atoms with Crippen LogP contribution in [0.4, 0.5) is 4.79 Å². The monoisotopic (exact) mass is 299 g/mol.